The van der Waals surface area contributed by atoms with Crippen molar-refractivity contribution in [1.82, 2.24) is 0 Å². The average molecular weight is 406 g/mol. The summed E-state index contributed by atoms with van der Waals surface area (Å²) in [6.45, 7) is 5.10. The summed E-state index contributed by atoms with van der Waals surface area (Å²) in [7, 11) is 0. The van der Waals surface area contributed by atoms with E-state index in [0.717, 1.165) is 23.3 Å². The van der Waals surface area contributed by atoms with Crippen LogP contribution in [0.5, 0.6) is 5.75 Å². The molecular weight excluding hydrogens is 390 g/mol. The number of alkyl halides is 3. The van der Waals surface area contributed by atoms with Crippen LogP contribution in [0.3, 0.4) is 0 Å². The molecule has 140 valence electrons. The van der Waals surface area contributed by atoms with Gasteiger partial charge in [-0.3, -0.25) is 4.79 Å². The predicted octanol–water partition coefficient (Wildman–Crippen LogP) is 6.04. The van der Waals surface area contributed by atoms with Gasteiger partial charge in [0.1, 0.15) is 5.75 Å². The van der Waals surface area contributed by atoms with Crippen molar-refractivity contribution in [3.05, 3.63) is 57.1 Å². The fourth-order valence-electron chi connectivity index (χ4n) is 2.30. The van der Waals surface area contributed by atoms with Gasteiger partial charge in [0.2, 0.25) is 0 Å². The quantitative estimate of drug-likeness (QED) is 0.673. The lowest BCUT2D eigenvalue weighted by Gasteiger charge is -2.17. The fourth-order valence-corrected chi connectivity index (χ4v) is 2.63. The number of nitrogens with one attached hydrogen (secondary N) is 1. The third-order valence-electron chi connectivity index (χ3n) is 3.63. The first kappa shape index (κ1) is 20.4. The third-order valence-corrected chi connectivity index (χ3v) is 4.56. The van der Waals surface area contributed by atoms with Gasteiger partial charge in [-0.05, 0) is 62.2 Å². The smallest absolute Gasteiger partial charge is 0.417 e. The van der Waals surface area contributed by atoms with Crippen molar-refractivity contribution in [3.8, 4) is 5.75 Å². The molecule has 3 nitrogen and oxygen atoms in total. The van der Waals surface area contributed by atoms with Gasteiger partial charge in [0.25, 0.3) is 5.91 Å². The summed E-state index contributed by atoms with van der Waals surface area (Å²) in [4.78, 5) is 12.2. The molecule has 0 aliphatic rings. The Morgan fingerprint density at radius 1 is 1.12 bits per heavy atom. The monoisotopic (exact) mass is 405 g/mol. The zero-order valence-electron chi connectivity index (χ0n) is 14.2. The number of ether oxygens (including phenoxy) is 1. The maximum Gasteiger partial charge on any atom is 0.417 e. The van der Waals surface area contributed by atoms with Crippen molar-refractivity contribution < 1.29 is 22.7 Å². The van der Waals surface area contributed by atoms with E-state index in [1.165, 1.54) is 13.0 Å². The summed E-state index contributed by atoms with van der Waals surface area (Å²) >= 11 is 11.6. The minimum atomic E-state index is -4.61. The van der Waals surface area contributed by atoms with E-state index >= 15 is 0 Å². The standard InChI is InChI=1S/C18H16Cl2F3NO2/c1-9-6-13(7-10(2)16(9)20)26-11(3)17(25)24-12-4-5-15(19)14(8-12)18(21,22)23/h4-8,11H,1-3H3,(H,24,25)/t11-/m1/s1. The molecule has 0 unspecified atom stereocenters. The highest BCUT2D eigenvalue weighted by molar-refractivity contribution is 6.32. The van der Waals surface area contributed by atoms with Crippen molar-refractivity contribution in [1.29, 1.82) is 0 Å². The number of hydrogen-bond acceptors (Lipinski definition) is 2. The highest BCUT2D eigenvalue weighted by Crippen LogP contribution is 2.36. The Balaban J connectivity index is 2.13. The van der Waals surface area contributed by atoms with Crippen LogP contribution in [0.25, 0.3) is 0 Å². The summed E-state index contributed by atoms with van der Waals surface area (Å²) in [5.41, 5.74) is 0.545. The largest absolute Gasteiger partial charge is 0.481 e. The molecule has 1 amide bonds. The molecule has 2 aromatic carbocycles. The highest BCUT2D eigenvalue weighted by Gasteiger charge is 2.33. The van der Waals surface area contributed by atoms with E-state index in [9.17, 15) is 18.0 Å². The van der Waals surface area contributed by atoms with Crippen LogP contribution in [-0.4, -0.2) is 12.0 Å². The third kappa shape index (κ3) is 4.83. The molecular formula is C18H16Cl2F3NO2. The van der Waals surface area contributed by atoms with Crippen molar-refractivity contribution in [2.24, 2.45) is 0 Å². The van der Waals surface area contributed by atoms with Crippen LogP contribution in [0, 0.1) is 13.8 Å². The molecule has 0 spiro atoms. The number of rotatable bonds is 4. The molecule has 2 aromatic rings. The summed E-state index contributed by atoms with van der Waals surface area (Å²) in [5.74, 6) is -0.148. The summed E-state index contributed by atoms with van der Waals surface area (Å²) in [6, 6.07) is 6.52. The Morgan fingerprint density at radius 3 is 2.23 bits per heavy atom. The van der Waals surface area contributed by atoms with Crippen LogP contribution in [0.2, 0.25) is 10.0 Å². The van der Waals surface area contributed by atoms with E-state index in [2.05, 4.69) is 5.32 Å². The minimum Gasteiger partial charge on any atom is -0.481 e. The molecule has 8 heteroatoms. The van der Waals surface area contributed by atoms with Gasteiger partial charge < -0.3 is 10.1 Å². The van der Waals surface area contributed by atoms with Crippen LogP contribution in [-0.2, 0) is 11.0 Å². The first-order valence-electron chi connectivity index (χ1n) is 7.60. The topological polar surface area (TPSA) is 38.3 Å². The van der Waals surface area contributed by atoms with Crippen LogP contribution in [0.15, 0.2) is 30.3 Å². The molecule has 0 fully saturated rings. The molecule has 0 radical (unpaired) electrons. The van der Waals surface area contributed by atoms with Gasteiger partial charge in [-0.1, -0.05) is 23.2 Å². The summed E-state index contributed by atoms with van der Waals surface area (Å²) < 4.78 is 44.2. The van der Waals surface area contributed by atoms with Gasteiger partial charge >= 0.3 is 6.18 Å². The van der Waals surface area contributed by atoms with E-state index in [-0.39, 0.29) is 5.69 Å². The van der Waals surface area contributed by atoms with E-state index in [0.29, 0.717) is 10.8 Å². The van der Waals surface area contributed by atoms with Gasteiger partial charge in [-0.15, -0.1) is 0 Å². The summed E-state index contributed by atoms with van der Waals surface area (Å²) in [6.07, 6.45) is -5.54. The first-order valence-corrected chi connectivity index (χ1v) is 8.35. The van der Waals surface area contributed by atoms with Gasteiger partial charge in [0.05, 0.1) is 10.6 Å². The number of hydrogen-bond donors (Lipinski definition) is 1. The van der Waals surface area contributed by atoms with Crippen molar-refractivity contribution >= 4 is 34.8 Å². The zero-order chi connectivity index (χ0) is 19.6. The molecule has 0 aliphatic carbocycles. The zero-order valence-corrected chi connectivity index (χ0v) is 15.7. The first-order chi connectivity index (χ1) is 12.0. The van der Waals surface area contributed by atoms with E-state index in [4.69, 9.17) is 27.9 Å². The van der Waals surface area contributed by atoms with Gasteiger partial charge in [0.15, 0.2) is 6.10 Å². The second-order valence-corrected chi connectivity index (χ2v) is 6.60. The van der Waals surface area contributed by atoms with Crippen LogP contribution in [0.1, 0.15) is 23.6 Å². The average Bonchev–Trinajstić information content (AvgIpc) is 2.53. The number of carbonyl (C=O) groups is 1. The second-order valence-electron chi connectivity index (χ2n) is 5.81. The molecule has 1 N–H and O–H groups in total. The molecule has 26 heavy (non-hydrogen) atoms. The lowest BCUT2D eigenvalue weighted by Crippen LogP contribution is -2.30. The predicted molar refractivity (Wildman–Crippen MR) is 96.1 cm³/mol. The van der Waals surface area contributed by atoms with Crippen molar-refractivity contribution in [2.45, 2.75) is 33.1 Å². The molecule has 0 aromatic heterocycles. The Kier molecular flexibility index (Phi) is 6.09. The Hall–Kier alpha value is -1.92. The fraction of sp³-hybridized carbons (Fsp3) is 0.278. The molecule has 0 bridgehead atoms. The minimum absolute atomic E-state index is 0.0226. The Morgan fingerprint density at radius 2 is 1.69 bits per heavy atom. The number of aryl methyl sites for hydroxylation is 2. The van der Waals surface area contributed by atoms with Crippen molar-refractivity contribution in [3.63, 3.8) is 0 Å². The van der Waals surface area contributed by atoms with E-state index in [1.807, 2.05) is 0 Å². The van der Waals surface area contributed by atoms with Crippen LogP contribution < -0.4 is 10.1 Å². The van der Waals surface area contributed by atoms with Crippen LogP contribution >= 0.6 is 23.2 Å². The van der Waals surface area contributed by atoms with E-state index in [1.54, 1.807) is 26.0 Å². The number of benzene rings is 2. The maximum absolute atomic E-state index is 12.9. The highest BCUT2D eigenvalue weighted by atomic mass is 35.5. The van der Waals surface area contributed by atoms with Gasteiger partial charge in [-0.25, -0.2) is 0 Å². The summed E-state index contributed by atoms with van der Waals surface area (Å²) in [5, 5.41) is 2.56. The Bertz CT molecular complexity index is 815. The molecule has 0 aliphatic heterocycles. The normalized spacial score (nSPS) is 12.6. The molecule has 1 atom stereocenters. The SMILES string of the molecule is Cc1cc(O[C@H](C)C(=O)Nc2ccc(Cl)c(C(F)(F)F)c2)cc(C)c1Cl. The number of halogens is 5. The van der Waals surface area contributed by atoms with Gasteiger partial charge in [0, 0.05) is 10.7 Å². The number of carbonyl (C=O) groups excluding carboxylic acids is 1. The number of anilines is 1. The lowest BCUT2D eigenvalue weighted by atomic mass is 10.1. The lowest BCUT2D eigenvalue weighted by molar-refractivity contribution is -0.137. The second kappa shape index (κ2) is 7.76. The Labute approximate surface area is 159 Å². The maximum atomic E-state index is 12.9. The van der Waals surface area contributed by atoms with Gasteiger partial charge in [-0.2, -0.15) is 13.2 Å². The van der Waals surface area contributed by atoms with Crippen LogP contribution in [0.4, 0.5) is 18.9 Å². The van der Waals surface area contributed by atoms with Crippen molar-refractivity contribution in [2.75, 3.05) is 5.32 Å². The molecule has 2 rings (SSSR count). The number of amides is 1. The molecule has 0 saturated carbocycles. The molecule has 0 saturated heterocycles. The molecule has 0 heterocycles. The van der Waals surface area contributed by atoms with E-state index < -0.39 is 28.8 Å².